The fourth-order valence-electron chi connectivity index (χ4n) is 3.13. The molecule has 0 aromatic rings. The topological polar surface area (TPSA) is 42.0 Å². The molecule has 0 saturated carbocycles. The zero-order chi connectivity index (χ0) is 14.1. The number of alkyl halides is 2. The van der Waals surface area contributed by atoms with Crippen molar-refractivity contribution in [2.45, 2.75) is 31.6 Å². The van der Waals surface area contributed by atoms with Crippen LogP contribution < -0.4 is 0 Å². The fourth-order valence-corrected chi connectivity index (χ4v) is 3.13. The van der Waals surface area contributed by atoms with Crippen molar-refractivity contribution in [1.82, 2.24) is 9.80 Å². The molecule has 0 aromatic carbocycles. The van der Waals surface area contributed by atoms with Gasteiger partial charge in [0.25, 0.3) is 0 Å². The van der Waals surface area contributed by atoms with Gasteiger partial charge in [-0.3, -0.25) is 9.69 Å². The van der Waals surface area contributed by atoms with Crippen LogP contribution in [-0.4, -0.2) is 73.9 Å². The minimum Gasteiger partial charge on any atom is -0.381 e. The molecule has 0 bridgehead atoms. The summed E-state index contributed by atoms with van der Waals surface area (Å²) in [4.78, 5) is 16.1. The number of halogens is 2. The average molecular weight is 290 g/mol. The number of amides is 1. The Morgan fingerprint density at radius 1 is 1.15 bits per heavy atom. The number of carbonyl (C=O) groups excluding carboxylic acids is 1. The van der Waals surface area contributed by atoms with Gasteiger partial charge in [-0.25, -0.2) is 0 Å². The summed E-state index contributed by atoms with van der Waals surface area (Å²) in [6.45, 7) is 1.05. The lowest BCUT2D eigenvalue weighted by Crippen LogP contribution is -2.63. The summed E-state index contributed by atoms with van der Waals surface area (Å²) in [5.41, 5.74) is 0. The van der Waals surface area contributed by atoms with Gasteiger partial charge in [-0.1, -0.05) is 0 Å². The quantitative estimate of drug-likeness (QED) is 0.758. The van der Waals surface area contributed by atoms with Gasteiger partial charge < -0.3 is 14.4 Å². The molecule has 7 heteroatoms. The molecule has 0 atom stereocenters. The Bertz CT molecular complexity index is 352. The number of nitrogens with zero attached hydrogens (tertiary/aromatic N) is 2. The molecule has 0 unspecified atom stereocenters. The number of carbonyl (C=O) groups is 1. The van der Waals surface area contributed by atoms with Gasteiger partial charge in [-0.15, -0.1) is 0 Å². The number of likely N-dealkylation sites (tertiary alicyclic amines) is 2. The zero-order valence-corrected chi connectivity index (χ0v) is 11.3. The third kappa shape index (κ3) is 2.94. The van der Waals surface area contributed by atoms with Crippen LogP contribution in [0.15, 0.2) is 0 Å². The Morgan fingerprint density at radius 3 is 2.40 bits per heavy atom. The molecule has 0 spiro atoms. The van der Waals surface area contributed by atoms with Crippen molar-refractivity contribution in [3.05, 3.63) is 0 Å². The first-order valence-electron chi connectivity index (χ1n) is 7.17. The van der Waals surface area contributed by atoms with Crippen LogP contribution >= 0.6 is 0 Å². The molecule has 5 nitrogen and oxygen atoms in total. The SMILES string of the molecule is O=C(C1CN(C2CCOCC2)C1)N1CC(OC(F)F)C1. The van der Waals surface area contributed by atoms with E-state index in [1.807, 2.05) is 0 Å². The second kappa shape index (κ2) is 5.91. The Kier molecular flexibility index (Phi) is 4.18. The molecule has 3 rings (SSSR count). The van der Waals surface area contributed by atoms with Crippen LogP contribution in [0.25, 0.3) is 0 Å². The molecular formula is C13H20F2N2O3. The lowest BCUT2D eigenvalue weighted by atomic mass is 9.92. The molecule has 0 aliphatic carbocycles. The van der Waals surface area contributed by atoms with E-state index < -0.39 is 12.7 Å². The summed E-state index contributed by atoms with van der Waals surface area (Å²) >= 11 is 0. The lowest BCUT2D eigenvalue weighted by molar-refractivity contribution is -0.202. The minimum atomic E-state index is -2.75. The van der Waals surface area contributed by atoms with Crippen LogP contribution in [0.4, 0.5) is 8.78 Å². The number of ether oxygens (including phenoxy) is 2. The summed E-state index contributed by atoms with van der Waals surface area (Å²) in [6.07, 6.45) is 1.58. The average Bonchev–Trinajstić information content (AvgIpc) is 2.32. The van der Waals surface area contributed by atoms with Gasteiger partial charge in [0, 0.05) is 45.4 Å². The fraction of sp³-hybridized carbons (Fsp3) is 0.923. The molecule has 3 aliphatic heterocycles. The highest BCUT2D eigenvalue weighted by Crippen LogP contribution is 2.27. The van der Waals surface area contributed by atoms with E-state index in [4.69, 9.17) is 4.74 Å². The van der Waals surface area contributed by atoms with E-state index in [9.17, 15) is 13.6 Å². The Morgan fingerprint density at radius 2 is 1.80 bits per heavy atom. The van der Waals surface area contributed by atoms with Crippen molar-refractivity contribution in [2.75, 3.05) is 39.4 Å². The van der Waals surface area contributed by atoms with Crippen LogP contribution in [0.5, 0.6) is 0 Å². The van der Waals surface area contributed by atoms with Crippen molar-refractivity contribution < 1.29 is 23.0 Å². The van der Waals surface area contributed by atoms with Crippen LogP contribution in [-0.2, 0) is 14.3 Å². The van der Waals surface area contributed by atoms with Crippen molar-refractivity contribution in [2.24, 2.45) is 5.92 Å². The summed E-state index contributed by atoms with van der Waals surface area (Å²) in [6, 6.07) is 0.541. The van der Waals surface area contributed by atoms with E-state index in [2.05, 4.69) is 9.64 Å². The van der Waals surface area contributed by atoms with Crippen molar-refractivity contribution in [3.8, 4) is 0 Å². The first-order chi connectivity index (χ1) is 9.63. The summed E-state index contributed by atoms with van der Waals surface area (Å²) < 4.78 is 33.7. The van der Waals surface area contributed by atoms with E-state index in [1.165, 1.54) is 0 Å². The molecule has 3 fully saturated rings. The number of hydrogen-bond acceptors (Lipinski definition) is 4. The molecule has 0 N–H and O–H groups in total. The molecule has 1 amide bonds. The molecule has 114 valence electrons. The van der Waals surface area contributed by atoms with E-state index in [0.29, 0.717) is 19.1 Å². The van der Waals surface area contributed by atoms with Crippen molar-refractivity contribution in [3.63, 3.8) is 0 Å². The van der Waals surface area contributed by atoms with Crippen molar-refractivity contribution >= 4 is 5.91 Å². The van der Waals surface area contributed by atoms with Gasteiger partial charge in [0.2, 0.25) is 5.91 Å². The van der Waals surface area contributed by atoms with Crippen molar-refractivity contribution in [1.29, 1.82) is 0 Å². The normalized spacial score (nSPS) is 26.6. The largest absolute Gasteiger partial charge is 0.381 e. The van der Waals surface area contributed by atoms with Gasteiger partial charge in [-0.05, 0) is 12.8 Å². The molecular weight excluding hydrogens is 270 g/mol. The summed E-state index contributed by atoms with van der Waals surface area (Å²) in [5, 5.41) is 0. The zero-order valence-electron chi connectivity index (χ0n) is 11.3. The van der Waals surface area contributed by atoms with E-state index in [1.54, 1.807) is 4.90 Å². The number of rotatable bonds is 4. The highest BCUT2D eigenvalue weighted by molar-refractivity contribution is 5.81. The third-order valence-corrected chi connectivity index (χ3v) is 4.42. The second-order valence-corrected chi connectivity index (χ2v) is 5.76. The summed E-state index contributed by atoms with van der Waals surface area (Å²) in [5.74, 6) is 0.118. The lowest BCUT2D eigenvalue weighted by Gasteiger charge is -2.48. The predicted molar refractivity (Wildman–Crippen MR) is 66.4 cm³/mol. The van der Waals surface area contributed by atoms with Gasteiger partial charge in [0.1, 0.15) is 0 Å². The smallest absolute Gasteiger partial charge is 0.345 e. The van der Waals surface area contributed by atoms with Crippen LogP contribution in [0.3, 0.4) is 0 Å². The molecule has 20 heavy (non-hydrogen) atoms. The van der Waals surface area contributed by atoms with Crippen LogP contribution in [0.1, 0.15) is 12.8 Å². The highest BCUT2D eigenvalue weighted by atomic mass is 19.3. The Labute approximate surface area is 116 Å². The molecule has 3 heterocycles. The van der Waals surface area contributed by atoms with Gasteiger partial charge in [-0.2, -0.15) is 8.78 Å². The molecule has 3 saturated heterocycles. The Balaban J connectivity index is 1.36. The maximum Gasteiger partial charge on any atom is 0.345 e. The van der Waals surface area contributed by atoms with Gasteiger partial charge in [0.15, 0.2) is 0 Å². The van der Waals surface area contributed by atoms with E-state index in [-0.39, 0.29) is 11.8 Å². The standard InChI is InChI=1S/C13H20F2N2O3/c14-13(15)20-11-7-17(8-11)12(18)9-5-16(6-9)10-1-3-19-4-2-10/h9-11,13H,1-8H2. The number of hydrogen-bond donors (Lipinski definition) is 0. The maximum atomic E-state index is 12.1. The molecule has 0 aromatic heterocycles. The van der Waals surface area contributed by atoms with Crippen LogP contribution in [0.2, 0.25) is 0 Å². The first-order valence-corrected chi connectivity index (χ1v) is 7.17. The van der Waals surface area contributed by atoms with E-state index >= 15 is 0 Å². The van der Waals surface area contributed by atoms with Gasteiger partial charge in [0.05, 0.1) is 12.0 Å². The third-order valence-electron chi connectivity index (χ3n) is 4.42. The van der Waals surface area contributed by atoms with Gasteiger partial charge >= 0.3 is 6.61 Å². The maximum absolute atomic E-state index is 12.1. The highest BCUT2D eigenvalue weighted by Gasteiger charge is 2.42. The monoisotopic (exact) mass is 290 g/mol. The second-order valence-electron chi connectivity index (χ2n) is 5.76. The van der Waals surface area contributed by atoms with E-state index in [0.717, 1.165) is 39.1 Å². The predicted octanol–water partition coefficient (Wildman–Crippen LogP) is 0.547. The molecule has 3 aliphatic rings. The van der Waals surface area contributed by atoms with Crippen LogP contribution in [0, 0.1) is 5.92 Å². The first kappa shape index (κ1) is 14.2. The minimum absolute atomic E-state index is 0.0327. The Hall–Kier alpha value is -0.790. The summed E-state index contributed by atoms with van der Waals surface area (Å²) in [7, 11) is 0. The molecule has 0 radical (unpaired) electrons.